The average Bonchev–Trinajstić information content (AvgIpc) is 2.18. The van der Waals surface area contributed by atoms with E-state index >= 15 is 0 Å². The molecule has 0 fully saturated rings. The highest BCUT2D eigenvalue weighted by molar-refractivity contribution is 6.49. The standard InChI is InChI=1S/C9H5N3O2/c10-12-7-5-3-1-2-4-6(5)8(13)11-9(7)14/h1-4H,(H,11,13,14). The summed E-state index contributed by atoms with van der Waals surface area (Å²) in [5.74, 6) is -1.16. The molecule has 14 heavy (non-hydrogen) atoms. The van der Waals surface area contributed by atoms with E-state index in [4.69, 9.17) is 5.53 Å². The Balaban J connectivity index is 2.74. The summed E-state index contributed by atoms with van der Waals surface area (Å²) in [6.07, 6.45) is 0. The van der Waals surface area contributed by atoms with Gasteiger partial charge in [0.2, 0.25) is 0 Å². The van der Waals surface area contributed by atoms with Crippen LogP contribution in [0.2, 0.25) is 0 Å². The maximum atomic E-state index is 11.3. The van der Waals surface area contributed by atoms with Crippen LogP contribution in [-0.4, -0.2) is 22.3 Å². The van der Waals surface area contributed by atoms with Crippen molar-refractivity contribution in [1.82, 2.24) is 5.32 Å². The molecule has 1 aliphatic heterocycles. The molecular weight excluding hydrogens is 182 g/mol. The summed E-state index contributed by atoms with van der Waals surface area (Å²) >= 11 is 0. The summed E-state index contributed by atoms with van der Waals surface area (Å²) in [6, 6.07) is 6.45. The summed E-state index contributed by atoms with van der Waals surface area (Å²) in [7, 11) is 0. The first-order chi connectivity index (χ1) is 6.74. The van der Waals surface area contributed by atoms with Gasteiger partial charge in [0.1, 0.15) is 0 Å². The zero-order valence-corrected chi connectivity index (χ0v) is 7.02. The molecule has 2 rings (SSSR count). The predicted molar refractivity (Wildman–Crippen MR) is 46.6 cm³/mol. The van der Waals surface area contributed by atoms with E-state index < -0.39 is 11.8 Å². The number of benzene rings is 1. The summed E-state index contributed by atoms with van der Waals surface area (Å²) in [4.78, 5) is 25.3. The van der Waals surface area contributed by atoms with Crippen molar-refractivity contribution in [2.24, 2.45) is 0 Å². The Morgan fingerprint density at radius 2 is 1.71 bits per heavy atom. The zero-order valence-electron chi connectivity index (χ0n) is 7.02. The average molecular weight is 187 g/mol. The van der Waals surface area contributed by atoms with Gasteiger partial charge < -0.3 is 5.53 Å². The molecule has 5 heteroatoms. The molecule has 1 N–H and O–H groups in total. The number of carbonyl (C=O) groups excluding carboxylic acids is 2. The topological polar surface area (TPSA) is 82.6 Å². The van der Waals surface area contributed by atoms with Gasteiger partial charge in [0, 0.05) is 0 Å². The van der Waals surface area contributed by atoms with Crippen molar-refractivity contribution >= 4 is 17.5 Å². The van der Waals surface area contributed by atoms with Gasteiger partial charge in [-0.3, -0.25) is 14.9 Å². The lowest BCUT2D eigenvalue weighted by atomic mass is 9.98. The van der Waals surface area contributed by atoms with E-state index in [2.05, 4.69) is 10.1 Å². The number of rotatable bonds is 0. The second-order valence-electron chi connectivity index (χ2n) is 2.78. The Hall–Kier alpha value is -2.26. The van der Waals surface area contributed by atoms with E-state index in [0.29, 0.717) is 11.1 Å². The van der Waals surface area contributed by atoms with Crippen molar-refractivity contribution < 1.29 is 14.4 Å². The first-order valence-electron chi connectivity index (χ1n) is 3.91. The van der Waals surface area contributed by atoms with Crippen LogP contribution in [0, 0.1) is 0 Å². The van der Waals surface area contributed by atoms with E-state index in [1.807, 2.05) is 0 Å². The van der Waals surface area contributed by atoms with Crippen LogP contribution in [0.1, 0.15) is 15.9 Å². The first-order valence-corrected chi connectivity index (χ1v) is 3.91. The van der Waals surface area contributed by atoms with Crippen LogP contribution in [-0.2, 0) is 4.79 Å². The number of imide groups is 1. The van der Waals surface area contributed by atoms with Gasteiger partial charge in [-0.1, -0.05) is 12.1 Å². The van der Waals surface area contributed by atoms with Gasteiger partial charge in [0.25, 0.3) is 5.91 Å². The molecule has 1 aromatic carbocycles. The van der Waals surface area contributed by atoms with Crippen LogP contribution < -0.4 is 5.32 Å². The molecule has 2 amide bonds. The molecule has 0 aromatic heterocycles. The smallest absolute Gasteiger partial charge is 0.361 e. The van der Waals surface area contributed by atoms with E-state index in [9.17, 15) is 9.59 Å². The summed E-state index contributed by atoms with van der Waals surface area (Å²) in [5.41, 5.74) is 9.16. The van der Waals surface area contributed by atoms with Crippen molar-refractivity contribution in [3.63, 3.8) is 0 Å². The molecule has 0 aliphatic carbocycles. The fourth-order valence-electron chi connectivity index (χ4n) is 1.34. The molecule has 1 aromatic rings. The highest BCUT2D eigenvalue weighted by Crippen LogP contribution is 2.12. The van der Waals surface area contributed by atoms with Crippen LogP contribution in [0.3, 0.4) is 0 Å². The van der Waals surface area contributed by atoms with Crippen LogP contribution in [0.5, 0.6) is 0 Å². The van der Waals surface area contributed by atoms with E-state index in [1.165, 1.54) is 0 Å². The fraction of sp³-hybridized carbons (Fsp3) is 0. The fourth-order valence-corrected chi connectivity index (χ4v) is 1.34. The lowest BCUT2D eigenvalue weighted by molar-refractivity contribution is -0.118. The van der Waals surface area contributed by atoms with Gasteiger partial charge in [-0.05, 0) is 12.1 Å². The van der Waals surface area contributed by atoms with E-state index in [1.54, 1.807) is 24.3 Å². The van der Waals surface area contributed by atoms with Crippen LogP contribution in [0.25, 0.3) is 5.53 Å². The largest absolute Gasteiger partial charge is 0.387 e. The second-order valence-corrected chi connectivity index (χ2v) is 2.78. The Kier molecular flexibility index (Phi) is 1.73. The van der Waals surface area contributed by atoms with Crippen molar-refractivity contribution in [3.8, 4) is 0 Å². The molecule has 1 heterocycles. The van der Waals surface area contributed by atoms with Crippen molar-refractivity contribution in [1.29, 1.82) is 0 Å². The van der Waals surface area contributed by atoms with Gasteiger partial charge in [0.05, 0.1) is 11.1 Å². The quantitative estimate of drug-likeness (QED) is 0.351. The van der Waals surface area contributed by atoms with E-state index in [-0.39, 0.29) is 5.71 Å². The molecule has 0 saturated carbocycles. The molecule has 68 valence electrons. The highest BCUT2D eigenvalue weighted by atomic mass is 16.2. The number of fused-ring (bicyclic) bond motifs is 1. The molecule has 0 atom stereocenters. The van der Waals surface area contributed by atoms with Gasteiger partial charge in [-0.25, -0.2) is 0 Å². The maximum Gasteiger partial charge on any atom is 0.387 e. The minimum Gasteiger partial charge on any atom is -0.361 e. The lowest BCUT2D eigenvalue weighted by Crippen LogP contribution is -2.42. The SMILES string of the molecule is [N-]=[N+]=C1C(=O)NC(=O)c2ccccc21. The van der Waals surface area contributed by atoms with Crippen LogP contribution in [0.15, 0.2) is 24.3 Å². The molecular formula is C9H5N3O2. The van der Waals surface area contributed by atoms with Crippen molar-refractivity contribution in [2.45, 2.75) is 0 Å². The van der Waals surface area contributed by atoms with Gasteiger partial charge in [-0.2, -0.15) is 4.79 Å². The summed E-state index contributed by atoms with van der Waals surface area (Å²) < 4.78 is 0. The maximum absolute atomic E-state index is 11.3. The molecule has 0 radical (unpaired) electrons. The number of hydrogen-bond acceptors (Lipinski definition) is 2. The highest BCUT2D eigenvalue weighted by Gasteiger charge is 2.34. The molecule has 0 bridgehead atoms. The number of amides is 2. The monoisotopic (exact) mass is 187 g/mol. The Morgan fingerprint density at radius 1 is 1.07 bits per heavy atom. The molecule has 5 nitrogen and oxygen atoms in total. The Labute approximate surface area is 79.0 Å². The number of carbonyl (C=O) groups is 2. The Bertz CT molecular complexity index is 487. The summed E-state index contributed by atoms with van der Waals surface area (Å²) in [5, 5.41) is 2.07. The molecule has 0 spiro atoms. The number of nitrogens with zero attached hydrogens (tertiary/aromatic N) is 2. The zero-order chi connectivity index (χ0) is 10.1. The third kappa shape index (κ3) is 1.04. The van der Waals surface area contributed by atoms with Crippen LogP contribution in [0.4, 0.5) is 0 Å². The van der Waals surface area contributed by atoms with Crippen LogP contribution >= 0.6 is 0 Å². The molecule has 0 saturated heterocycles. The Morgan fingerprint density at radius 3 is 2.36 bits per heavy atom. The van der Waals surface area contributed by atoms with E-state index in [0.717, 1.165) is 0 Å². The van der Waals surface area contributed by atoms with Gasteiger partial charge in [-0.15, -0.1) is 0 Å². The number of nitrogens with one attached hydrogen (secondary N) is 1. The minimum absolute atomic E-state index is 0.139. The summed E-state index contributed by atoms with van der Waals surface area (Å²) in [6.45, 7) is 0. The van der Waals surface area contributed by atoms with Crippen molar-refractivity contribution in [2.75, 3.05) is 0 Å². The van der Waals surface area contributed by atoms with Gasteiger partial charge >= 0.3 is 11.6 Å². The predicted octanol–water partition coefficient (Wildman–Crippen LogP) is -0.0245. The third-order valence-electron chi connectivity index (χ3n) is 1.97. The van der Waals surface area contributed by atoms with Crippen molar-refractivity contribution in [3.05, 3.63) is 40.9 Å². The number of hydrogen-bond donors (Lipinski definition) is 1. The lowest BCUT2D eigenvalue weighted by Gasteiger charge is -2.10. The second kappa shape index (κ2) is 2.90. The first kappa shape index (κ1) is 8.34. The minimum atomic E-state index is -0.684. The molecule has 1 aliphatic rings. The third-order valence-corrected chi connectivity index (χ3v) is 1.97. The molecule has 0 unspecified atom stereocenters. The van der Waals surface area contributed by atoms with Gasteiger partial charge in [0.15, 0.2) is 0 Å². The normalized spacial score (nSPS) is 14.4.